The van der Waals surface area contributed by atoms with Gasteiger partial charge in [-0.2, -0.15) is 13.2 Å². The maximum Gasteiger partial charge on any atom is 0.401 e. The summed E-state index contributed by atoms with van der Waals surface area (Å²) in [6.07, 6.45) is -2.42. The molecule has 26 heavy (non-hydrogen) atoms. The summed E-state index contributed by atoms with van der Waals surface area (Å²) in [4.78, 5) is 10.7. The number of rotatable bonds is 7. The van der Waals surface area contributed by atoms with Crippen LogP contribution in [0.3, 0.4) is 0 Å². The van der Waals surface area contributed by atoms with Crippen LogP contribution in [0, 0.1) is 0 Å². The summed E-state index contributed by atoms with van der Waals surface area (Å²) in [5, 5.41) is 3.31. The largest absolute Gasteiger partial charge is 0.401 e. The second-order valence-corrected chi connectivity index (χ2v) is 6.98. The van der Waals surface area contributed by atoms with E-state index in [1.165, 1.54) is 11.9 Å². The highest BCUT2D eigenvalue weighted by molar-refractivity contribution is 5.80. The summed E-state index contributed by atoms with van der Waals surface area (Å²) in [6, 6.07) is 0.528. The fourth-order valence-electron chi connectivity index (χ4n) is 3.51. The van der Waals surface area contributed by atoms with Gasteiger partial charge >= 0.3 is 6.18 Å². The second kappa shape index (κ2) is 10.3. The third kappa shape index (κ3) is 7.28. The van der Waals surface area contributed by atoms with Crippen molar-refractivity contribution in [2.45, 2.75) is 32.0 Å². The van der Waals surface area contributed by atoms with Crippen molar-refractivity contribution >= 4 is 5.96 Å². The van der Waals surface area contributed by atoms with E-state index in [4.69, 9.17) is 4.74 Å². The first-order valence-electron chi connectivity index (χ1n) is 9.49. The van der Waals surface area contributed by atoms with E-state index in [2.05, 4.69) is 20.1 Å². The molecule has 2 heterocycles. The van der Waals surface area contributed by atoms with Crippen molar-refractivity contribution in [3.8, 4) is 0 Å². The summed E-state index contributed by atoms with van der Waals surface area (Å²) >= 11 is 0. The van der Waals surface area contributed by atoms with Crippen LogP contribution in [0.1, 0.15) is 19.8 Å². The Morgan fingerprint density at radius 3 is 2.65 bits per heavy atom. The maximum absolute atomic E-state index is 12.3. The molecule has 0 radical (unpaired) electrons. The number of aliphatic imine (C=N–C) groups is 1. The predicted molar refractivity (Wildman–Crippen MR) is 96.5 cm³/mol. The normalized spacial score (nSPS) is 23.1. The Morgan fingerprint density at radius 2 is 2.00 bits per heavy atom. The standard InChI is InChI=1S/C17H32F3N5O/c1-3-21-16(22-6-4-7-23(2)14-17(18,19)20)25-8-5-15(13-25)24-9-11-26-12-10-24/h15H,3-14H2,1-2H3,(H,21,22). The number of halogens is 3. The van der Waals surface area contributed by atoms with Crippen molar-refractivity contribution in [2.24, 2.45) is 4.99 Å². The van der Waals surface area contributed by atoms with Gasteiger partial charge < -0.3 is 15.0 Å². The number of likely N-dealkylation sites (tertiary alicyclic amines) is 1. The second-order valence-electron chi connectivity index (χ2n) is 6.98. The summed E-state index contributed by atoms with van der Waals surface area (Å²) in [5.74, 6) is 0.877. The van der Waals surface area contributed by atoms with Crippen LogP contribution in [0.4, 0.5) is 13.2 Å². The Morgan fingerprint density at radius 1 is 1.27 bits per heavy atom. The number of nitrogens with one attached hydrogen (secondary N) is 1. The molecule has 1 unspecified atom stereocenters. The van der Waals surface area contributed by atoms with Gasteiger partial charge in [0.05, 0.1) is 19.8 Å². The van der Waals surface area contributed by atoms with Crippen molar-refractivity contribution in [1.29, 1.82) is 0 Å². The predicted octanol–water partition coefficient (Wildman–Crippen LogP) is 1.24. The molecule has 2 saturated heterocycles. The molecule has 0 spiro atoms. The minimum absolute atomic E-state index is 0.388. The number of guanidine groups is 1. The Bertz CT molecular complexity index is 441. The van der Waals surface area contributed by atoms with Gasteiger partial charge in [-0.1, -0.05) is 0 Å². The Labute approximate surface area is 154 Å². The van der Waals surface area contributed by atoms with Gasteiger partial charge in [0.15, 0.2) is 5.96 Å². The molecular weight excluding hydrogens is 347 g/mol. The zero-order valence-corrected chi connectivity index (χ0v) is 15.9. The monoisotopic (exact) mass is 379 g/mol. The zero-order valence-electron chi connectivity index (χ0n) is 15.9. The van der Waals surface area contributed by atoms with Crippen molar-refractivity contribution in [2.75, 3.05) is 72.6 Å². The van der Waals surface area contributed by atoms with E-state index in [0.717, 1.165) is 58.3 Å². The van der Waals surface area contributed by atoms with Crippen molar-refractivity contribution < 1.29 is 17.9 Å². The number of nitrogens with zero attached hydrogens (tertiary/aromatic N) is 4. The van der Waals surface area contributed by atoms with Crippen LogP contribution >= 0.6 is 0 Å². The van der Waals surface area contributed by atoms with Crippen LogP contribution in [-0.4, -0.2) is 105 Å². The van der Waals surface area contributed by atoms with Gasteiger partial charge in [0.2, 0.25) is 0 Å². The lowest BCUT2D eigenvalue weighted by Gasteiger charge is -2.32. The van der Waals surface area contributed by atoms with E-state index in [0.29, 0.717) is 25.6 Å². The smallest absolute Gasteiger partial charge is 0.379 e. The molecule has 1 atom stereocenters. The Kier molecular flexibility index (Phi) is 8.43. The minimum atomic E-state index is -4.14. The lowest BCUT2D eigenvalue weighted by atomic mass is 10.2. The Hall–Kier alpha value is -1.06. The molecule has 2 aliphatic rings. The summed E-state index contributed by atoms with van der Waals surface area (Å²) in [5.41, 5.74) is 0. The molecular formula is C17H32F3N5O. The van der Waals surface area contributed by atoms with Crippen LogP contribution in [0.25, 0.3) is 0 Å². The van der Waals surface area contributed by atoms with Crippen molar-refractivity contribution in [3.63, 3.8) is 0 Å². The van der Waals surface area contributed by atoms with Gasteiger partial charge in [-0.15, -0.1) is 0 Å². The third-order valence-corrected chi connectivity index (χ3v) is 4.77. The number of alkyl halides is 3. The van der Waals surface area contributed by atoms with Crippen molar-refractivity contribution in [1.82, 2.24) is 20.0 Å². The molecule has 0 aromatic rings. The molecule has 2 rings (SSSR count). The topological polar surface area (TPSA) is 43.3 Å². The Balaban J connectivity index is 1.77. The fraction of sp³-hybridized carbons (Fsp3) is 0.941. The highest BCUT2D eigenvalue weighted by Gasteiger charge is 2.30. The summed E-state index contributed by atoms with van der Waals surface area (Å²) in [6.45, 7) is 8.34. The number of hydrogen-bond acceptors (Lipinski definition) is 4. The van der Waals surface area contributed by atoms with E-state index in [1.807, 2.05) is 6.92 Å². The zero-order chi connectivity index (χ0) is 19.0. The molecule has 1 N–H and O–H groups in total. The molecule has 0 saturated carbocycles. The molecule has 152 valence electrons. The van der Waals surface area contributed by atoms with Crippen LogP contribution < -0.4 is 5.32 Å². The van der Waals surface area contributed by atoms with E-state index < -0.39 is 12.7 Å². The van der Waals surface area contributed by atoms with E-state index in [-0.39, 0.29) is 0 Å². The van der Waals surface area contributed by atoms with Crippen LogP contribution in [-0.2, 0) is 4.74 Å². The molecule has 0 amide bonds. The van der Waals surface area contributed by atoms with Crippen molar-refractivity contribution in [3.05, 3.63) is 0 Å². The van der Waals surface area contributed by atoms with Gasteiger partial charge in [-0.05, 0) is 33.4 Å². The SMILES string of the molecule is CCNC(=NCCCN(C)CC(F)(F)F)N1CCC(N2CCOCC2)C1. The number of hydrogen-bond donors (Lipinski definition) is 1. The highest BCUT2D eigenvalue weighted by Crippen LogP contribution is 2.17. The van der Waals surface area contributed by atoms with Gasteiger partial charge in [-0.3, -0.25) is 14.8 Å². The maximum atomic E-state index is 12.3. The average molecular weight is 379 g/mol. The van der Waals surface area contributed by atoms with Gasteiger partial charge in [0.25, 0.3) is 0 Å². The van der Waals surface area contributed by atoms with E-state index in [1.54, 1.807) is 0 Å². The molecule has 0 aromatic carbocycles. The molecule has 9 heteroatoms. The lowest BCUT2D eigenvalue weighted by molar-refractivity contribution is -0.143. The summed E-state index contributed by atoms with van der Waals surface area (Å²) in [7, 11) is 1.50. The minimum Gasteiger partial charge on any atom is -0.379 e. The fourth-order valence-corrected chi connectivity index (χ4v) is 3.51. The van der Waals surface area contributed by atoms with E-state index in [9.17, 15) is 13.2 Å². The average Bonchev–Trinajstić information content (AvgIpc) is 3.07. The highest BCUT2D eigenvalue weighted by atomic mass is 19.4. The summed E-state index contributed by atoms with van der Waals surface area (Å²) < 4.78 is 42.4. The molecule has 6 nitrogen and oxygen atoms in total. The molecule has 0 aromatic heterocycles. The number of morpholine rings is 1. The first-order valence-corrected chi connectivity index (χ1v) is 9.49. The molecule has 0 aliphatic carbocycles. The van der Waals surface area contributed by atoms with Crippen LogP contribution in [0.15, 0.2) is 4.99 Å². The quantitative estimate of drug-likeness (QED) is 0.410. The van der Waals surface area contributed by atoms with Gasteiger partial charge in [0.1, 0.15) is 0 Å². The molecule has 2 fully saturated rings. The third-order valence-electron chi connectivity index (χ3n) is 4.77. The van der Waals surface area contributed by atoms with Gasteiger partial charge in [-0.25, -0.2) is 0 Å². The van der Waals surface area contributed by atoms with E-state index >= 15 is 0 Å². The first-order chi connectivity index (χ1) is 12.4. The molecule has 2 aliphatic heterocycles. The number of ether oxygens (including phenoxy) is 1. The van der Waals surface area contributed by atoms with Gasteiger partial charge in [0, 0.05) is 45.3 Å². The lowest BCUT2D eigenvalue weighted by Crippen LogP contribution is -2.46. The first kappa shape index (κ1) is 21.2. The molecule has 0 bridgehead atoms. The van der Waals surface area contributed by atoms with Crippen LogP contribution in [0.2, 0.25) is 0 Å². The van der Waals surface area contributed by atoms with Crippen LogP contribution in [0.5, 0.6) is 0 Å².